The number of ether oxygens (including phenoxy) is 1. The Morgan fingerprint density at radius 2 is 1.85 bits per heavy atom. The number of nitrogens with one attached hydrogen (secondary N) is 1. The van der Waals surface area contributed by atoms with E-state index in [1.165, 1.54) is 51.4 Å². The molecule has 1 aliphatic rings. The van der Waals surface area contributed by atoms with Gasteiger partial charge in [0.15, 0.2) is 0 Å². The van der Waals surface area contributed by atoms with Gasteiger partial charge in [0.25, 0.3) is 0 Å². The van der Waals surface area contributed by atoms with Crippen LogP contribution in [-0.4, -0.2) is 37.0 Å². The normalized spacial score (nSPS) is 24.8. The molecule has 1 fully saturated rings. The summed E-state index contributed by atoms with van der Waals surface area (Å²) in [7, 11) is 0. The maximum absolute atomic E-state index is 9.89. The highest BCUT2D eigenvalue weighted by atomic mass is 16.5. The number of unbranched alkanes of at least 4 members (excludes halogenated alkanes) is 3. The second-order valence-electron chi connectivity index (χ2n) is 6.32. The first-order valence-corrected chi connectivity index (χ1v) is 8.75. The zero-order valence-corrected chi connectivity index (χ0v) is 13.6. The summed E-state index contributed by atoms with van der Waals surface area (Å²) in [5.74, 6) is 0.935. The standard InChI is InChI=1S/C17H35NO2/c1-3-5-6-7-12-20-14-17(19)13-18-16-10-8-15(4-2)9-11-16/h15-19H,3-14H2,1-2H3. The number of hydrogen-bond acceptors (Lipinski definition) is 3. The third-order valence-corrected chi connectivity index (χ3v) is 4.52. The first-order chi connectivity index (χ1) is 9.76. The molecule has 0 heterocycles. The van der Waals surface area contributed by atoms with Gasteiger partial charge in [-0.2, -0.15) is 0 Å². The fraction of sp³-hybridized carbons (Fsp3) is 1.00. The van der Waals surface area contributed by atoms with Crippen LogP contribution in [0.3, 0.4) is 0 Å². The Kier molecular flexibility index (Phi) is 10.3. The molecule has 0 bridgehead atoms. The zero-order chi connectivity index (χ0) is 14.6. The zero-order valence-electron chi connectivity index (χ0n) is 13.6. The van der Waals surface area contributed by atoms with Crippen molar-refractivity contribution in [3.05, 3.63) is 0 Å². The summed E-state index contributed by atoms with van der Waals surface area (Å²) in [4.78, 5) is 0. The van der Waals surface area contributed by atoms with Crippen LogP contribution in [0.4, 0.5) is 0 Å². The summed E-state index contributed by atoms with van der Waals surface area (Å²) >= 11 is 0. The first kappa shape index (κ1) is 17.9. The van der Waals surface area contributed by atoms with Gasteiger partial charge < -0.3 is 15.2 Å². The summed E-state index contributed by atoms with van der Waals surface area (Å²) in [6.07, 6.45) is 11.1. The molecule has 0 amide bonds. The Balaban J connectivity index is 1.93. The quantitative estimate of drug-likeness (QED) is 0.571. The number of aliphatic hydroxyl groups excluding tert-OH is 1. The van der Waals surface area contributed by atoms with Crippen LogP contribution >= 0.6 is 0 Å². The van der Waals surface area contributed by atoms with Crippen molar-refractivity contribution in [1.82, 2.24) is 5.32 Å². The van der Waals surface area contributed by atoms with Gasteiger partial charge in [-0.15, -0.1) is 0 Å². The predicted molar refractivity (Wildman–Crippen MR) is 85.0 cm³/mol. The van der Waals surface area contributed by atoms with Crippen molar-refractivity contribution in [2.75, 3.05) is 19.8 Å². The van der Waals surface area contributed by atoms with Crippen molar-refractivity contribution < 1.29 is 9.84 Å². The smallest absolute Gasteiger partial charge is 0.0897 e. The van der Waals surface area contributed by atoms with E-state index < -0.39 is 0 Å². The molecule has 20 heavy (non-hydrogen) atoms. The van der Waals surface area contributed by atoms with Crippen molar-refractivity contribution >= 4 is 0 Å². The molecular formula is C17H35NO2. The van der Waals surface area contributed by atoms with E-state index in [0.29, 0.717) is 19.2 Å². The van der Waals surface area contributed by atoms with Crippen molar-refractivity contribution in [3.8, 4) is 0 Å². The van der Waals surface area contributed by atoms with E-state index >= 15 is 0 Å². The second kappa shape index (κ2) is 11.5. The summed E-state index contributed by atoms with van der Waals surface area (Å²) in [5.41, 5.74) is 0. The molecule has 0 aromatic rings. The highest BCUT2D eigenvalue weighted by Gasteiger charge is 2.20. The van der Waals surface area contributed by atoms with Crippen molar-refractivity contribution in [3.63, 3.8) is 0 Å². The molecule has 3 nitrogen and oxygen atoms in total. The molecule has 0 aromatic heterocycles. The van der Waals surface area contributed by atoms with Gasteiger partial charge in [-0.05, 0) is 38.0 Å². The summed E-state index contributed by atoms with van der Waals surface area (Å²) < 4.78 is 5.53. The van der Waals surface area contributed by atoms with Crippen LogP contribution < -0.4 is 5.32 Å². The maximum atomic E-state index is 9.89. The Bertz CT molecular complexity index is 215. The number of hydrogen-bond donors (Lipinski definition) is 2. The van der Waals surface area contributed by atoms with E-state index in [2.05, 4.69) is 19.2 Å². The van der Waals surface area contributed by atoms with Crippen LogP contribution in [0.15, 0.2) is 0 Å². The molecule has 0 radical (unpaired) electrons. The molecule has 1 atom stereocenters. The predicted octanol–water partition coefficient (Wildman–Crippen LogP) is 3.50. The van der Waals surface area contributed by atoms with E-state index in [4.69, 9.17) is 4.74 Å². The molecule has 1 aliphatic carbocycles. The molecule has 2 N–H and O–H groups in total. The molecule has 0 aliphatic heterocycles. The Morgan fingerprint density at radius 1 is 1.10 bits per heavy atom. The van der Waals surface area contributed by atoms with Gasteiger partial charge >= 0.3 is 0 Å². The van der Waals surface area contributed by atoms with Crippen LogP contribution in [0.1, 0.15) is 71.6 Å². The highest BCUT2D eigenvalue weighted by Crippen LogP contribution is 2.26. The summed E-state index contributed by atoms with van der Waals surface area (Å²) in [6, 6.07) is 0.608. The lowest BCUT2D eigenvalue weighted by molar-refractivity contribution is 0.0332. The van der Waals surface area contributed by atoms with Gasteiger partial charge in [0.05, 0.1) is 12.7 Å². The topological polar surface area (TPSA) is 41.5 Å². The molecule has 1 unspecified atom stereocenters. The van der Waals surface area contributed by atoms with Crippen molar-refractivity contribution in [2.24, 2.45) is 5.92 Å². The van der Waals surface area contributed by atoms with Crippen LogP contribution in [0.2, 0.25) is 0 Å². The molecule has 120 valence electrons. The fourth-order valence-corrected chi connectivity index (χ4v) is 2.99. The summed E-state index contributed by atoms with van der Waals surface area (Å²) in [6.45, 7) is 6.45. The molecular weight excluding hydrogens is 250 g/mol. The number of aliphatic hydroxyl groups is 1. The van der Waals surface area contributed by atoms with Crippen molar-refractivity contribution in [1.29, 1.82) is 0 Å². The molecule has 1 saturated carbocycles. The lowest BCUT2D eigenvalue weighted by Gasteiger charge is -2.29. The lowest BCUT2D eigenvalue weighted by Crippen LogP contribution is -2.39. The minimum atomic E-state index is -0.356. The van der Waals surface area contributed by atoms with Gasteiger partial charge in [-0.25, -0.2) is 0 Å². The SMILES string of the molecule is CCCCCCOCC(O)CNC1CCC(CC)CC1. The van der Waals surface area contributed by atoms with Crippen molar-refractivity contribution in [2.45, 2.75) is 83.8 Å². The summed E-state index contributed by atoms with van der Waals surface area (Å²) in [5, 5.41) is 13.4. The van der Waals surface area contributed by atoms with Gasteiger partial charge in [0, 0.05) is 19.2 Å². The largest absolute Gasteiger partial charge is 0.389 e. The highest BCUT2D eigenvalue weighted by molar-refractivity contribution is 4.77. The number of rotatable bonds is 11. The third kappa shape index (κ3) is 8.23. The van der Waals surface area contributed by atoms with E-state index in [1.807, 2.05) is 0 Å². The van der Waals surface area contributed by atoms with Gasteiger partial charge in [0.2, 0.25) is 0 Å². The van der Waals surface area contributed by atoms with Gasteiger partial charge in [0.1, 0.15) is 0 Å². The van der Waals surface area contributed by atoms with Crippen LogP contribution in [0.5, 0.6) is 0 Å². The third-order valence-electron chi connectivity index (χ3n) is 4.52. The van der Waals surface area contributed by atoms with Gasteiger partial charge in [-0.3, -0.25) is 0 Å². The monoisotopic (exact) mass is 285 g/mol. The average Bonchev–Trinajstić information content (AvgIpc) is 2.49. The van der Waals surface area contributed by atoms with E-state index in [0.717, 1.165) is 18.9 Å². The maximum Gasteiger partial charge on any atom is 0.0897 e. The fourth-order valence-electron chi connectivity index (χ4n) is 2.99. The molecule has 0 aromatic carbocycles. The Labute approximate surface area is 125 Å². The second-order valence-corrected chi connectivity index (χ2v) is 6.32. The van der Waals surface area contributed by atoms with Gasteiger partial charge in [-0.1, -0.05) is 39.5 Å². The van der Waals surface area contributed by atoms with Crippen LogP contribution in [0.25, 0.3) is 0 Å². The van der Waals surface area contributed by atoms with Crippen LogP contribution in [0, 0.1) is 5.92 Å². The van der Waals surface area contributed by atoms with E-state index in [1.54, 1.807) is 0 Å². The first-order valence-electron chi connectivity index (χ1n) is 8.75. The van der Waals surface area contributed by atoms with E-state index in [-0.39, 0.29) is 6.10 Å². The molecule has 1 rings (SSSR count). The van der Waals surface area contributed by atoms with E-state index in [9.17, 15) is 5.11 Å². The Morgan fingerprint density at radius 3 is 2.50 bits per heavy atom. The average molecular weight is 285 g/mol. The lowest BCUT2D eigenvalue weighted by atomic mass is 9.84. The molecule has 3 heteroatoms. The Hall–Kier alpha value is -0.120. The minimum Gasteiger partial charge on any atom is -0.389 e. The van der Waals surface area contributed by atoms with Crippen LogP contribution in [-0.2, 0) is 4.74 Å². The molecule has 0 saturated heterocycles. The minimum absolute atomic E-state index is 0.356. The molecule has 0 spiro atoms.